The molecule has 25 heavy (non-hydrogen) atoms. The van der Waals surface area contributed by atoms with Crippen molar-refractivity contribution in [2.45, 2.75) is 25.6 Å². The smallest absolute Gasteiger partial charge is 0.327 e. The molecule has 0 bridgehead atoms. The van der Waals surface area contributed by atoms with Crippen LogP contribution < -0.4 is 5.32 Å². The van der Waals surface area contributed by atoms with Crippen LogP contribution in [0.3, 0.4) is 0 Å². The molecule has 1 atom stereocenters. The number of aryl methyl sites for hydroxylation is 1. The fraction of sp³-hybridized carbons (Fsp3) is 0.353. The summed E-state index contributed by atoms with van der Waals surface area (Å²) in [6.07, 6.45) is 0. The number of anilines is 1. The molecule has 0 fully saturated rings. The Morgan fingerprint density at radius 3 is 3.04 bits per heavy atom. The molecule has 1 amide bonds. The Kier molecular flexibility index (Phi) is 5.34. The van der Waals surface area contributed by atoms with Crippen molar-refractivity contribution in [2.24, 2.45) is 0 Å². The van der Waals surface area contributed by atoms with Gasteiger partial charge in [0.2, 0.25) is 5.91 Å². The van der Waals surface area contributed by atoms with E-state index in [1.165, 1.54) is 16.4 Å². The van der Waals surface area contributed by atoms with Crippen molar-refractivity contribution in [2.75, 3.05) is 17.7 Å². The number of nitrogens with one attached hydrogen (secondary N) is 1. The monoisotopic (exact) mass is 379 g/mol. The van der Waals surface area contributed by atoms with Crippen LogP contribution in [-0.4, -0.2) is 34.0 Å². The number of halogens is 1. The van der Waals surface area contributed by atoms with Gasteiger partial charge in [0.15, 0.2) is 0 Å². The summed E-state index contributed by atoms with van der Waals surface area (Å²) < 4.78 is 6.50. The van der Waals surface area contributed by atoms with E-state index < -0.39 is 5.97 Å². The molecule has 0 unspecified atom stereocenters. The Morgan fingerprint density at radius 1 is 1.52 bits per heavy atom. The van der Waals surface area contributed by atoms with Crippen LogP contribution in [0.15, 0.2) is 24.3 Å². The van der Waals surface area contributed by atoms with Gasteiger partial charge in [-0.1, -0.05) is 23.7 Å². The van der Waals surface area contributed by atoms with E-state index in [0.29, 0.717) is 23.2 Å². The van der Waals surface area contributed by atoms with Gasteiger partial charge in [-0.15, -0.1) is 11.8 Å². The summed E-state index contributed by atoms with van der Waals surface area (Å²) in [6, 6.07) is 7.57. The second kappa shape index (κ2) is 7.49. The van der Waals surface area contributed by atoms with Gasteiger partial charge in [0, 0.05) is 10.6 Å². The third-order valence-corrected chi connectivity index (χ3v) is 5.32. The molecule has 132 valence electrons. The molecule has 1 aliphatic rings. The van der Waals surface area contributed by atoms with E-state index in [1.54, 1.807) is 6.92 Å². The largest absolute Gasteiger partial charge is 0.465 e. The van der Waals surface area contributed by atoms with E-state index in [4.69, 9.17) is 16.3 Å². The molecule has 8 heteroatoms. The summed E-state index contributed by atoms with van der Waals surface area (Å²) in [5.74, 6) is 0.342. The van der Waals surface area contributed by atoms with Crippen molar-refractivity contribution in [3.05, 3.63) is 46.1 Å². The van der Waals surface area contributed by atoms with Crippen molar-refractivity contribution in [3.8, 4) is 0 Å². The van der Waals surface area contributed by atoms with Crippen LogP contribution in [0.2, 0.25) is 5.02 Å². The van der Waals surface area contributed by atoms with Gasteiger partial charge >= 0.3 is 5.97 Å². The van der Waals surface area contributed by atoms with Crippen molar-refractivity contribution in [1.82, 2.24) is 9.78 Å². The summed E-state index contributed by atoms with van der Waals surface area (Å²) >= 11 is 7.65. The fourth-order valence-corrected chi connectivity index (χ4v) is 4.20. The average Bonchev–Trinajstić information content (AvgIpc) is 2.74. The second-order valence-electron chi connectivity index (χ2n) is 5.60. The quantitative estimate of drug-likeness (QED) is 0.826. The molecule has 0 saturated heterocycles. The minimum absolute atomic E-state index is 0.0444. The lowest BCUT2D eigenvalue weighted by atomic mass is 10.0. The van der Waals surface area contributed by atoms with Crippen molar-refractivity contribution >= 4 is 41.1 Å². The SMILES string of the molecule is CCOC(=O)Cn1nc(C)c2c1NC(=O)CS[C@@H]2c1cccc(Cl)c1. The lowest BCUT2D eigenvalue weighted by Crippen LogP contribution is -2.20. The zero-order valence-corrected chi connectivity index (χ0v) is 15.5. The van der Waals surface area contributed by atoms with E-state index in [1.807, 2.05) is 31.2 Å². The minimum atomic E-state index is -0.391. The Bertz CT molecular complexity index is 821. The number of carbonyl (C=O) groups excluding carboxylic acids is 2. The van der Waals surface area contributed by atoms with Crippen molar-refractivity contribution in [1.29, 1.82) is 0 Å². The predicted molar refractivity (Wildman–Crippen MR) is 98.0 cm³/mol. The van der Waals surface area contributed by atoms with E-state index in [0.717, 1.165) is 16.8 Å². The Labute approximate surface area is 154 Å². The van der Waals surface area contributed by atoms with Crippen LogP contribution in [0.1, 0.15) is 29.0 Å². The number of esters is 1. The molecule has 0 aliphatic carbocycles. The van der Waals surface area contributed by atoms with Crippen LogP contribution in [0.4, 0.5) is 5.82 Å². The maximum atomic E-state index is 12.1. The molecule has 2 aromatic rings. The molecule has 1 aromatic carbocycles. The zero-order chi connectivity index (χ0) is 18.0. The topological polar surface area (TPSA) is 73.2 Å². The number of rotatable bonds is 4. The van der Waals surface area contributed by atoms with Gasteiger partial charge in [-0.2, -0.15) is 5.10 Å². The highest BCUT2D eigenvalue weighted by atomic mass is 35.5. The second-order valence-corrected chi connectivity index (χ2v) is 7.13. The molecule has 0 spiro atoms. The van der Waals surface area contributed by atoms with Gasteiger partial charge in [-0.3, -0.25) is 9.59 Å². The highest BCUT2D eigenvalue weighted by Crippen LogP contribution is 2.43. The van der Waals surface area contributed by atoms with Crippen molar-refractivity contribution < 1.29 is 14.3 Å². The number of amides is 1. The first-order valence-electron chi connectivity index (χ1n) is 7.89. The number of aromatic nitrogens is 2. The molecule has 3 rings (SSSR count). The molecule has 1 aromatic heterocycles. The number of hydrogen-bond acceptors (Lipinski definition) is 5. The predicted octanol–water partition coefficient (Wildman–Crippen LogP) is 3.18. The molecule has 0 radical (unpaired) electrons. The highest BCUT2D eigenvalue weighted by molar-refractivity contribution is 8.00. The van der Waals surface area contributed by atoms with Crippen LogP contribution in [0, 0.1) is 6.92 Å². The summed E-state index contributed by atoms with van der Waals surface area (Å²) in [6.45, 7) is 3.88. The van der Waals surface area contributed by atoms with E-state index in [-0.39, 0.29) is 17.7 Å². The van der Waals surface area contributed by atoms with E-state index in [9.17, 15) is 9.59 Å². The lowest BCUT2D eigenvalue weighted by molar-refractivity contribution is -0.144. The van der Waals surface area contributed by atoms with E-state index in [2.05, 4.69) is 10.4 Å². The van der Waals surface area contributed by atoms with Crippen molar-refractivity contribution in [3.63, 3.8) is 0 Å². The number of benzene rings is 1. The molecule has 2 heterocycles. The number of ether oxygens (including phenoxy) is 1. The number of nitrogens with zero attached hydrogens (tertiary/aromatic N) is 2. The molecular formula is C17H18ClN3O3S. The summed E-state index contributed by atoms with van der Waals surface area (Å²) in [7, 11) is 0. The first-order valence-corrected chi connectivity index (χ1v) is 9.32. The Balaban J connectivity index is 2.05. The lowest BCUT2D eigenvalue weighted by Gasteiger charge is -2.15. The molecule has 1 aliphatic heterocycles. The van der Waals surface area contributed by atoms with Crippen LogP contribution in [0.25, 0.3) is 0 Å². The molecule has 0 saturated carbocycles. The highest BCUT2D eigenvalue weighted by Gasteiger charge is 2.30. The normalized spacial score (nSPS) is 16.8. The Morgan fingerprint density at radius 2 is 2.32 bits per heavy atom. The fourth-order valence-electron chi connectivity index (χ4n) is 2.83. The minimum Gasteiger partial charge on any atom is -0.465 e. The number of carbonyl (C=O) groups is 2. The average molecular weight is 380 g/mol. The zero-order valence-electron chi connectivity index (χ0n) is 13.9. The van der Waals surface area contributed by atoms with Gasteiger partial charge in [-0.05, 0) is 31.5 Å². The van der Waals surface area contributed by atoms with Gasteiger partial charge in [0.05, 0.1) is 23.3 Å². The standard InChI is InChI=1S/C17H18ClN3O3S/c1-3-24-14(23)8-21-17-15(10(2)20-21)16(25-9-13(22)19-17)11-5-4-6-12(18)7-11/h4-7,16H,3,8-9H2,1-2H3,(H,19,22)/t16-/m1/s1. The number of hydrogen-bond donors (Lipinski definition) is 1. The van der Waals surface area contributed by atoms with Gasteiger partial charge < -0.3 is 10.1 Å². The van der Waals surface area contributed by atoms with Crippen LogP contribution in [0.5, 0.6) is 0 Å². The number of fused-ring (bicyclic) bond motifs is 1. The maximum Gasteiger partial charge on any atom is 0.327 e. The Hall–Kier alpha value is -1.99. The summed E-state index contributed by atoms with van der Waals surface area (Å²) in [5, 5.41) is 7.86. The van der Waals surface area contributed by atoms with Gasteiger partial charge in [0.25, 0.3) is 0 Å². The first kappa shape index (κ1) is 17.8. The molecule has 1 N–H and O–H groups in total. The summed E-state index contributed by atoms with van der Waals surface area (Å²) in [5.41, 5.74) is 2.65. The molecular weight excluding hydrogens is 362 g/mol. The maximum absolute atomic E-state index is 12.1. The third kappa shape index (κ3) is 3.82. The first-order chi connectivity index (χ1) is 12.0. The number of thioether (sulfide) groups is 1. The summed E-state index contributed by atoms with van der Waals surface area (Å²) in [4.78, 5) is 24.0. The van der Waals surface area contributed by atoms with Gasteiger partial charge in [0.1, 0.15) is 12.4 Å². The van der Waals surface area contributed by atoms with Crippen LogP contribution in [-0.2, 0) is 20.9 Å². The van der Waals surface area contributed by atoms with Gasteiger partial charge in [-0.25, -0.2) is 4.68 Å². The molecule has 6 nitrogen and oxygen atoms in total. The third-order valence-electron chi connectivity index (χ3n) is 3.81. The van der Waals surface area contributed by atoms with Crippen LogP contribution >= 0.6 is 23.4 Å². The van der Waals surface area contributed by atoms with E-state index >= 15 is 0 Å².